The van der Waals surface area contributed by atoms with Gasteiger partial charge in [-0.3, -0.25) is 9.59 Å². The summed E-state index contributed by atoms with van der Waals surface area (Å²) in [5, 5.41) is 9.28. The molecule has 1 aromatic carbocycles. The van der Waals surface area contributed by atoms with Crippen LogP contribution < -0.4 is 0 Å². The maximum atomic E-state index is 11.3. The minimum absolute atomic E-state index is 0.109. The second-order valence-corrected chi connectivity index (χ2v) is 4.18. The topological polar surface area (TPSA) is 54.4 Å². The van der Waals surface area contributed by atoms with E-state index >= 15 is 0 Å². The molecule has 0 saturated carbocycles. The summed E-state index contributed by atoms with van der Waals surface area (Å²) in [6.45, 7) is 1.41. The molecule has 0 bridgehead atoms. The number of rotatable bonds is 5. The quantitative estimate of drug-likeness (QED) is 0.861. The predicted octanol–water partition coefficient (Wildman–Crippen LogP) is 2.56. The zero-order chi connectivity index (χ0) is 12.1. The Kier molecular flexibility index (Phi) is 4.50. The predicted molar refractivity (Wildman–Crippen MR) is 61.6 cm³/mol. The lowest BCUT2D eigenvalue weighted by molar-refractivity contribution is -0.140. The molecule has 0 aromatic heterocycles. The normalized spacial score (nSPS) is 12.1. The molecule has 0 fully saturated rings. The van der Waals surface area contributed by atoms with Crippen molar-refractivity contribution in [3.63, 3.8) is 0 Å². The van der Waals surface area contributed by atoms with E-state index in [0.717, 1.165) is 5.56 Å². The van der Waals surface area contributed by atoms with Gasteiger partial charge in [0.05, 0.1) is 6.42 Å². The molecular weight excluding hydrogens is 228 g/mol. The summed E-state index contributed by atoms with van der Waals surface area (Å²) in [5.74, 6) is -1.54. The number of aliphatic carboxylic acids is 1. The van der Waals surface area contributed by atoms with Crippen LogP contribution in [-0.2, 0) is 16.0 Å². The number of hydrogen-bond acceptors (Lipinski definition) is 2. The highest BCUT2D eigenvalue weighted by Crippen LogP contribution is 2.17. The molecule has 1 atom stereocenters. The maximum absolute atomic E-state index is 11.3. The lowest BCUT2D eigenvalue weighted by atomic mass is 9.93. The summed E-state index contributed by atoms with van der Waals surface area (Å²) in [4.78, 5) is 21.9. The van der Waals surface area contributed by atoms with Crippen LogP contribution in [0.4, 0.5) is 0 Å². The molecule has 0 radical (unpaired) electrons. The molecule has 86 valence electrons. The summed E-state index contributed by atoms with van der Waals surface area (Å²) in [7, 11) is 0. The van der Waals surface area contributed by atoms with Crippen LogP contribution >= 0.6 is 11.6 Å². The van der Waals surface area contributed by atoms with Crippen molar-refractivity contribution in [3.05, 3.63) is 34.9 Å². The Morgan fingerprint density at radius 3 is 2.62 bits per heavy atom. The molecule has 0 spiro atoms. The van der Waals surface area contributed by atoms with E-state index in [-0.39, 0.29) is 12.2 Å². The average Bonchev–Trinajstić information content (AvgIpc) is 2.15. The summed E-state index contributed by atoms with van der Waals surface area (Å²) < 4.78 is 0. The lowest BCUT2D eigenvalue weighted by Crippen LogP contribution is -2.18. The molecule has 3 nitrogen and oxygen atoms in total. The van der Waals surface area contributed by atoms with Gasteiger partial charge in [0.25, 0.3) is 0 Å². The van der Waals surface area contributed by atoms with E-state index in [1.54, 1.807) is 18.2 Å². The molecule has 1 N–H and O–H groups in total. The Labute approximate surface area is 99.0 Å². The van der Waals surface area contributed by atoms with Crippen molar-refractivity contribution < 1.29 is 14.7 Å². The van der Waals surface area contributed by atoms with Gasteiger partial charge >= 0.3 is 5.97 Å². The van der Waals surface area contributed by atoms with Crippen molar-refractivity contribution in [3.8, 4) is 0 Å². The van der Waals surface area contributed by atoms with Crippen molar-refractivity contribution in [1.82, 2.24) is 0 Å². The van der Waals surface area contributed by atoms with E-state index in [1.807, 2.05) is 6.07 Å². The van der Waals surface area contributed by atoms with Crippen LogP contribution in [-0.4, -0.2) is 16.9 Å². The first-order valence-electron chi connectivity index (χ1n) is 4.95. The Balaban J connectivity index is 2.75. The lowest BCUT2D eigenvalue weighted by Gasteiger charge is -2.11. The summed E-state index contributed by atoms with van der Waals surface area (Å²) >= 11 is 5.81. The van der Waals surface area contributed by atoms with E-state index in [2.05, 4.69) is 0 Å². The zero-order valence-corrected chi connectivity index (χ0v) is 9.70. The summed E-state index contributed by atoms with van der Waals surface area (Å²) in [6, 6.07) is 7.11. The van der Waals surface area contributed by atoms with Crippen molar-refractivity contribution in [1.29, 1.82) is 0 Å². The summed E-state index contributed by atoms with van der Waals surface area (Å²) in [5.41, 5.74) is 0.883. The molecular formula is C12H13ClO3. The highest BCUT2D eigenvalue weighted by atomic mass is 35.5. The van der Waals surface area contributed by atoms with Crippen molar-refractivity contribution in [2.75, 3.05) is 0 Å². The van der Waals surface area contributed by atoms with E-state index in [1.165, 1.54) is 6.92 Å². The van der Waals surface area contributed by atoms with Gasteiger partial charge < -0.3 is 5.11 Å². The number of carbonyl (C=O) groups excluding carboxylic acids is 1. The minimum atomic E-state index is -0.956. The van der Waals surface area contributed by atoms with Gasteiger partial charge in [-0.2, -0.15) is 0 Å². The van der Waals surface area contributed by atoms with Crippen LogP contribution in [0.25, 0.3) is 0 Å². The molecule has 0 aliphatic carbocycles. The number of carbonyl (C=O) groups is 2. The van der Waals surface area contributed by atoms with E-state index in [0.29, 0.717) is 11.4 Å². The van der Waals surface area contributed by atoms with Gasteiger partial charge in [0, 0.05) is 10.9 Å². The largest absolute Gasteiger partial charge is 0.481 e. The third kappa shape index (κ3) is 4.03. The average molecular weight is 241 g/mol. The third-order valence-electron chi connectivity index (χ3n) is 2.37. The molecule has 0 amide bonds. The molecule has 0 aliphatic heterocycles. The maximum Gasteiger partial charge on any atom is 0.304 e. The molecule has 4 heteroatoms. The molecule has 0 aliphatic rings. The van der Waals surface area contributed by atoms with E-state index in [9.17, 15) is 9.59 Å². The number of halogens is 1. The standard InChI is InChI=1S/C12H13ClO3/c1-8(14)10(7-12(15)16)5-9-3-2-4-11(13)6-9/h2-4,6,10H,5,7H2,1H3,(H,15,16). The smallest absolute Gasteiger partial charge is 0.304 e. The molecule has 1 unspecified atom stereocenters. The Hall–Kier alpha value is -1.35. The first kappa shape index (κ1) is 12.7. The number of ketones is 1. The Bertz CT molecular complexity index is 401. The first-order chi connectivity index (χ1) is 7.49. The molecule has 16 heavy (non-hydrogen) atoms. The minimum Gasteiger partial charge on any atom is -0.481 e. The number of benzene rings is 1. The number of carboxylic acid groups (broad SMARTS) is 1. The van der Waals surface area contributed by atoms with Crippen molar-refractivity contribution in [2.24, 2.45) is 5.92 Å². The van der Waals surface area contributed by atoms with Gasteiger partial charge in [0.2, 0.25) is 0 Å². The van der Waals surface area contributed by atoms with Crippen LogP contribution in [0.5, 0.6) is 0 Å². The van der Waals surface area contributed by atoms with Gasteiger partial charge in [-0.1, -0.05) is 23.7 Å². The fraction of sp³-hybridized carbons (Fsp3) is 0.333. The monoisotopic (exact) mass is 240 g/mol. The van der Waals surface area contributed by atoms with Crippen LogP contribution in [0.15, 0.2) is 24.3 Å². The highest BCUT2D eigenvalue weighted by Gasteiger charge is 2.18. The third-order valence-corrected chi connectivity index (χ3v) is 2.60. The molecule has 1 rings (SSSR count). The van der Waals surface area contributed by atoms with Crippen LogP contribution in [0.3, 0.4) is 0 Å². The van der Waals surface area contributed by atoms with Gasteiger partial charge in [-0.25, -0.2) is 0 Å². The van der Waals surface area contributed by atoms with Gasteiger partial charge in [-0.05, 0) is 31.0 Å². The number of carboxylic acids is 1. The summed E-state index contributed by atoms with van der Waals surface area (Å²) in [6.07, 6.45) is 0.282. The first-order valence-corrected chi connectivity index (χ1v) is 5.33. The van der Waals surface area contributed by atoms with Gasteiger partial charge in [0.15, 0.2) is 0 Å². The Morgan fingerprint density at radius 1 is 1.44 bits per heavy atom. The fourth-order valence-electron chi connectivity index (χ4n) is 1.52. The Morgan fingerprint density at radius 2 is 2.12 bits per heavy atom. The van der Waals surface area contributed by atoms with Crippen molar-refractivity contribution in [2.45, 2.75) is 19.8 Å². The molecule has 1 aromatic rings. The SMILES string of the molecule is CC(=O)C(CC(=O)O)Cc1cccc(Cl)c1. The van der Waals surface area contributed by atoms with Gasteiger partial charge in [-0.15, -0.1) is 0 Å². The van der Waals surface area contributed by atoms with E-state index in [4.69, 9.17) is 16.7 Å². The second kappa shape index (κ2) is 5.66. The fourth-order valence-corrected chi connectivity index (χ4v) is 1.73. The molecule has 0 saturated heterocycles. The molecule has 0 heterocycles. The number of hydrogen-bond donors (Lipinski definition) is 1. The van der Waals surface area contributed by atoms with Crippen LogP contribution in [0.2, 0.25) is 5.02 Å². The highest BCUT2D eigenvalue weighted by molar-refractivity contribution is 6.30. The van der Waals surface area contributed by atoms with Crippen LogP contribution in [0, 0.1) is 5.92 Å². The van der Waals surface area contributed by atoms with Crippen LogP contribution in [0.1, 0.15) is 18.9 Å². The number of Topliss-reactive ketones (excluding diaryl/α,β-unsaturated/α-hetero) is 1. The van der Waals surface area contributed by atoms with Gasteiger partial charge in [0.1, 0.15) is 5.78 Å². The van der Waals surface area contributed by atoms with E-state index < -0.39 is 11.9 Å². The van der Waals surface area contributed by atoms with Crippen molar-refractivity contribution >= 4 is 23.4 Å². The zero-order valence-electron chi connectivity index (χ0n) is 8.94. The second-order valence-electron chi connectivity index (χ2n) is 3.74.